The molecule has 1 aliphatic heterocycles. The minimum atomic E-state index is -0.0218. The highest BCUT2D eigenvalue weighted by molar-refractivity contribution is 5.94. The van der Waals surface area contributed by atoms with Crippen molar-refractivity contribution in [2.24, 2.45) is 0 Å². The van der Waals surface area contributed by atoms with Crippen LogP contribution in [0.15, 0.2) is 24.3 Å². The molecule has 0 bridgehead atoms. The van der Waals surface area contributed by atoms with Gasteiger partial charge in [0, 0.05) is 38.3 Å². The molecule has 1 aromatic carbocycles. The quantitative estimate of drug-likeness (QED) is 0.812. The molecule has 1 saturated heterocycles. The van der Waals surface area contributed by atoms with E-state index in [1.165, 1.54) is 0 Å². The third-order valence-electron chi connectivity index (χ3n) is 3.62. The molecule has 0 unspecified atom stereocenters. The largest absolute Gasteiger partial charge is 0.395 e. The summed E-state index contributed by atoms with van der Waals surface area (Å²) in [5.41, 5.74) is 1.80. The third-order valence-corrected chi connectivity index (χ3v) is 3.62. The van der Waals surface area contributed by atoms with Crippen molar-refractivity contribution < 1.29 is 9.90 Å². The van der Waals surface area contributed by atoms with Crippen LogP contribution in [0.3, 0.4) is 0 Å². The molecule has 1 amide bonds. The number of carbonyl (C=O) groups is 1. The van der Waals surface area contributed by atoms with Crippen LogP contribution in [0.5, 0.6) is 0 Å². The van der Waals surface area contributed by atoms with E-state index in [1.54, 1.807) is 0 Å². The highest BCUT2D eigenvalue weighted by Crippen LogP contribution is 2.04. The molecule has 5 heteroatoms. The van der Waals surface area contributed by atoms with Crippen LogP contribution < -0.4 is 5.32 Å². The molecular formula is C15H23N3O2. The molecule has 1 heterocycles. The van der Waals surface area contributed by atoms with Crippen LogP contribution in [0.25, 0.3) is 0 Å². The lowest BCUT2D eigenvalue weighted by molar-refractivity contribution is 0.0847. The normalized spacial score (nSPS) is 17.1. The smallest absolute Gasteiger partial charge is 0.252 e. The Morgan fingerprint density at radius 2 is 1.95 bits per heavy atom. The van der Waals surface area contributed by atoms with Crippen molar-refractivity contribution in [3.05, 3.63) is 35.4 Å². The van der Waals surface area contributed by atoms with Crippen LogP contribution in [0.2, 0.25) is 0 Å². The van der Waals surface area contributed by atoms with Gasteiger partial charge in [-0.05, 0) is 19.1 Å². The molecule has 1 fully saturated rings. The van der Waals surface area contributed by atoms with E-state index in [9.17, 15) is 4.79 Å². The van der Waals surface area contributed by atoms with Gasteiger partial charge in [0.15, 0.2) is 0 Å². The van der Waals surface area contributed by atoms with Gasteiger partial charge in [-0.15, -0.1) is 0 Å². The molecule has 0 atom stereocenters. The van der Waals surface area contributed by atoms with Gasteiger partial charge in [0.25, 0.3) is 5.91 Å². The van der Waals surface area contributed by atoms with Gasteiger partial charge in [0.2, 0.25) is 0 Å². The summed E-state index contributed by atoms with van der Waals surface area (Å²) in [5.74, 6) is -0.0218. The molecule has 5 nitrogen and oxygen atoms in total. The highest BCUT2D eigenvalue weighted by Gasteiger charge is 2.16. The molecule has 1 aliphatic rings. The first-order chi connectivity index (χ1) is 9.69. The molecule has 1 aromatic rings. The molecule has 0 aromatic heterocycles. The summed E-state index contributed by atoms with van der Waals surface area (Å²) >= 11 is 0. The second-order valence-electron chi connectivity index (χ2n) is 5.22. The maximum absolute atomic E-state index is 12.0. The Morgan fingerprint density at radius 3 is 2.60 bits per heavy atom. The molecular weight excluding hydrogens is 254 g/mol. The highest BCUT2D eigenvalue weighted by atomic mass is 16.3. The number of amides is 1. The molecule has 2 N–H and O–H groups in total. The second kappa shape index (κ2) is 7.38. The van der Waals surface area contributed by atoms with Crippen molar-refractivity contribution in [3.63, 3.8) is 0 Å². The van der Waals surface area contributed by atoms with Crippen molar-refractivity contribution in [1.82, 2.24) is 15.1 Å². The minimum absolute atomic E-state index is 0.0218. The van der Waals surface area contributed by atoms with Crippen LogP contribution in [0, 0.1) is 6.92 Å². The number of β-amino-alcohol motifs (C(OH)–C–C–N with tert-alkyl or cyclic N) is 1. The number of aryl methyl sites for hydroxylation is 1. The van der Waals surface area contributed by atoms with Crippen LogP contribution >= 0.6 is 0 Å². The lowest BCUT2D eigenvalue weighted by Crippen LogP contribution is -2.50. The first-order valence-corrected chi connectivity index (χ1v) is 7.09. The SMILES string of the molecule is Cc1cccc(C(=O)NCN2CCN(CCO)CC2)c1. The molecule has 20 heavy (non-hydrogen) atoms. The van der Waals surface area contributed by atoms with Crippen molar-refractivity contribution in [2.45, 2.75) is 6.92 Å². The molecule has 0 spiro atoms. The van der Waals surface area contributed by atoms with Gasteiger partial charge in [-0.3, -0.25) is 14.6 Å². The fourth-order valence-corrected chi connectivity index (χ4v) is 2.38. The van der Waals surface area contributed by atoms with E-state index in [2.05, 4.69) is 15.1 Å². The van der Waals surface area contributed by atoms with E-state index in [-0.39, 0.29) is 12.5 Å². The second-order valence-corrected chi connectivity index (χ2v) is 5.22. The van der Waals surface area contributed by atoms with E-state index >= 15 is 0 Å². The molecule has 110 valence electrons. The number of aliphatic hydroxyl groups excluding tert-OH is 1. The lowest BCUT2D eigenvalue weighted by atomic mass is 10.1. The van der Waals surface area contributed by atoms with Crippen molar-refractivity contribution in [2.75, 3.05) is 46.0 Å². The number of hydrogen-bond acceptors (Lipinski definition) is 4. The first kappa shape index (κ1) is 15.0. The van der Waals surface area contributed by atoms with E-state index in [4.69, 9.17) is 5.11 Å². The third kappa shape index (κ3) is 4.30. The standard InChI is InChI=1S/C15H23N3O2/c1-13-3-2-4-14(11-13)15(20)16-12-18-7-5-17(6-8-18)9-10-19/h2-4,11,19H,5-10,12H2,1H3,(H,16,20). The zero-order valence-corrected chi connectivity index (χ0v) is 12.0. The zero-order valence-electron chi connectivity index (χ0n) is 12.0. The molecule has 0 aliphatic carbocycles. The van der Waals surface area contributed by atoms with Gasteiger partial charge in [0.1, 0.15) is 0 Å². The predicted molar refractivity (Wildman–Crippen MR) is 78.6 cm³/mol. The Labute approximate surface area is 120 Å². The number of hydrogen-bond donors (Lipinski definition) is 2. The van der Waals surface area contributed by atoms with E-state index < -0.39 is 0 Å². The Balaban J connectivity index is 1.74. The number of carbonyl (C=O) groups excluding carboxylic acids is 1. The van der Waals surface area contributed by atoms with E-state index in [0.29, 0.717) is 12.2 Å². The zero-order chi connectivity index (χ0) is 14.4. The van der Waals surface area contributed by atoms with Crippen LogP contribution in [0.4, 0.5) is 0 Å². The Morgan fingerprint density at radius 1 is 1.25 bits per heavy atom. The number of rotatable bonds is 5. The maximum Gasteiger partial charge on any atom is 0.252 e. The van der Waals surface area contributed by atoms with Gasteiger partial charge >= 0.3 is 0 Å². The predicted octanol–water partition coefficient (Wildman–Crippen LogP) is 0.292. The molecule has 0 saturated carbocycles. The number of nitrogens with one attached hydrogen (secondary N) is 1. The van der Waals surface area contributed by atoms with Gasteiger partial charge in [-0.25, -0.2) is 0 Å². The van der Waals surface area contributed by atoms with Crippen molar-refractivity contribution in [1.29, 1.82) is 0 Å². The Kier molecular flexibility index (Phi) is 5.52. The Bertz CT molecular complexity index is 442. The first-order valence-electron chi connectivity index (χ1n) is 7.09. The van der Waals surface area contributed by atoms with Crippen LogP contribution in [-0.2, 0) is 0 Å². The maximum atomic E-state index is 12.0. The van der Waals surface area contributed by atoms with E-state index in [1.807, 2.05) is 31.2 Å². The number of nitrogens with zero attached hydrogens (tertiary/aromatic N) is 2. The summed E-state index contributed by atoms with van der Waals surface area (Å²) in [5, 5.41) is 11.9. The fraction of sp³-hybridized carbons (Fsp3) is 0.533. The summed E-state index contributed by atoms with van der Waals surface area (Å²) in [7, 11) is 0. The van der Waals surface area contributed by atoms with Crippen LogP contribution in [0.1, 0.15) is 15.9 Å². The molecule has 2 rings (SSSR count). The Hall–Kier alpha value is -1.43. The minimum Gasteiger partial charge on any atom is -0.395 e. The summed E-state index contributed by atoms with van der Waals surface area (Å²) in [4.78, 5) is 16.5. The summed E-state index contributed by atoms with van der Waals surface area (Å²) < 4.78 is 0. The summed E-state index contributed by atoms with van der Waals surface area (Å²) in [6.45, 7) is 7.26. The van der Waals surface area contributed by atoms with Gasteiger partial charge in [0.05, 0.1) is 13.3 Å². The van der Waals surface area contributed by atoms with Crippen molar-refractivity contribution in [3.8, 4) is 0 Å². The van der Waals surface area contributed by atoms with Gasteiger partial charge in [-0.2, -0.15) is 0 Å². The van der Waals surface area contributed by atoms with E-state index in [0.717, 1.165) is 38.3 Å². The summed E-state index contributed by atoms with van der Waals surface area (Å²) in [6, 6.07) is 7.62. The van der Waals surface area contributed by atoms with Crippen molar-refractivity contribution >= 4 is 5.91 Å². The monoisotopic (exact) mass is 277 g/mol. The average Bonchev–Trinajstić information content (AvgIpc) is 2.46. The number of aliphatic hydroxyl groups is 1. The van der Waals surface area contributed by atoms with Gasteiger partial charge < -0.3 is 10.4 Å². The number of piperazine rings is 1. The summed E-state index contributed by atoms with van der Waals surface area (Å²) in [6.07, 6.45) is 0. The number of benzene rings is 1. The topological polar surface area (TPSA) is 55.8 Å². The van der Waals surface area contributed by atoms with Crippen LogP contribution in [-0.4, -0.2) is 66.8 Å². The van der Waals surface area contributed by atoms with Gasteiger partial charge in [-0.1, -0.05) is 17.7 Å². The fourth-order valence-electron chi connectivity index (χ4n) is 2.38. The molecule has 0 radical (unpaired) electrons. The average molecular weight is 277 g/mol. The lowest BCUT2D eigenvalue weighted by Gasteiger charge is -2.34.